The van der Waals surface area contributed by atoms with E-state index in [1.54, 1.807) is 13.4 Å². The summed E-state index contributed by atoms with van der Waals surface area (Å²) in [6.45, 7) is 5.59. The summed E-state index contributed by atoms with van der Waals surface area (Å²) in [5.41, 5.74) is 2.77. The minimum absolute atomic E-state index is 0.203. The maximum absolute atomic E-state index is 6.28. The molecule has 210 valence electrons. The summed E-state index contributed by atoms with van der Waals surface area (Å²) >= 11 is 0. The minimum atomic E-state index is 0.203. The largest absolute Gasteiger partial charge is 0.490 e. The molecule has 10 nitrogen and oxygen atoms in total. The number of nitrogens with zero attached hydrogens (tertiary/aromatic N) is 3. The van der Waals surface area contributed by atoms with Crippen molar-refractivity contribution in [2.45, 2.75) is 38.6 Å². The normalized spacial score (nSPS) is 16.1. The van der Waals surface area contributed by atoms with Crippen LogP contribution in [0.1, 0.15) is 37.7 Å². The molecule has 2 aliphatic rings. The highest BCUT2D eigenvalue weighted by atomic mass is 16.7. The molecule has 0 spiro atoms. The lowest BCUT2D eigenvalue weighted by molar-refractivity contribution is 0.174. The molecule has 0 atom stereocenters. The molecule has 0 amide bonds. The number of methoxy groups -OCH3 is 1. The van der Waals surface area contributed by atoms with Crippen molar-refractivity contribution >= 4 is 22.4 Å². The van der Waals surface area contributed by atoms with Crippen molar-refractivity contribution in [1.82, 2.24) is 20.2 Å². The Morgan fingerprint density at radius 3 is 2.85 bits per heavy atom. The molecule has 2 aromatic carbocycles. The Balaban J connectivity index is 1.45. The van der Waals surface area contributed by atoms with Gasteiger partial charge in [-0.2, -0.15) is 0 Å². The SMILES string of the molecule is COCCNCCCOc1cc2ncnc3c2cc1OCCCCCCN(C)Cc1ccc2c(c1N3)OCO2. The number of anilines is 2. The van der Waals surface area contributed by atoms with E-state index in [4.69, 9.17) is 23.7 Å². The first kappa shape index (κ1) is 27.2. The van der Waals surface area contributed by atoms with Crippen molar-refractivity contribution in [2.75, 3.05) is 65.7 Å². The fraction of sp³-hybridized carbons (Fsp3) is 0.517. The quantitative estimate of drug-likeness (QED) is 0.400. The van der Waals surface area contributed by atoms with Crippen molar-refractivity contribution in [3.8, 4) is 23.0 Å². The van der Waals surface area contributed by atoms with Gasteiger partial charge in [0.05, 0.1) is 31.0 Å². The van der Waals surface area contributed by atoms with E-state index < -0.39 is 0 Å². The molecule has 1 aromatic heterocycles. The Bertz CT molecular complexity index is 1240. The van der Waals surface area contributed by atoms with Crippen LogP contribution < -0.4 is 29.6 Å². The van der Waals surface area contributed by atoms with Crippen LogP contribution >= 0.6 is 0 Å². The van der Waals surface area contributed by atoms with Crippen LogP contribution in [0.3, 0.4) is 0 Å². The second kappa shape index (κ2) is 13.6. The van der Waals surface area contributed by atoms with Crippen LogP contribution in [-0.2, 0) is 11.3 Å². The monoisotopic (exact) mass is 537 g/mol. The highest BCUT2D eigenvalue weighted by Crippen LogP contribution is 2.44. The number of ether oxygens (including phenoxy) is 5. The van der Waals surface area contributed by atoms with Gasteiger partial charge in [0.25, 0.3) is 0 Å². The van der Waals surface area contributed by atoms with Crippen molar-refractivity contribution in [3.63, 3.8) is 0 Å². The van der Waals surface area contributed by atoms with E-state index in [2.05, 4.69) is 38.6 Å². The van der Waals surface area contributed by atoms with Gasteiger partial charge < -0.3 is 39.2 Å². The number of fused-ring (bicyclic) bond motifs is 4. The Hall–Kier alpha value is -3.34. The molecular weight excluding hydrogens is 498 g/mol. The van der Waals surface area contributed by atoms with Crippen LogP contribution in [0.5, 0.6) is 23.0 Å². The lowest BCUT2D eigenvalue weighted by Crippen LogP contribution is -2.21. The fourth-order valence-corrected chi connectivity index (χ4v) is 4.86. The molecule has 3 aromatic rings. The summed E-state index contributed by atoms with van der Waals surface area (Å²) in [7, 11) is 3.86. The number of hydrogen-bond donors (Lipinski definition) is 2. The third-order valence-electron chi connectivity index (χ3n) is 6.94. The first-order valence-electron chi connectivity index (χ1n) is 13.8. The van der Waals surface area contributed by atoms with Crippen LogP contribution in [0.15, 0.2) is 30.6 Å². The van der Waals surface area contributed by atoms with E-state index in [1.807, 2.05) is 18.2 Å². The van der Waals surface area contributed by atoms with Gasteiger partial charge in [-0.3, -0.25) is 0 Å². The zero-order valence-electron chi connectivity index (χ0n) is 23.0. The third-order valence-corrected chi connectivity index (χ3v) is 6.94. The number of benzene rings is 2. The molecule has 0 fully saturated rings. The van der Waals surface area contributed by atoms with Crippen molar-refractivity contribution < 1.29 is 23.7 Å². The van der Waals surface area contributed by atoms with Gasteiger partial charge in [0.2, 0.25) is 6.79 Å². The zero-order valence-corrected chi connectivity index (χ0v) is 23.0. The average Bonchev–Trinajstić information content (AvgIpc) is 3.42. The third kappa shape index (κ3) is 7.00. The molecule has 2 bridgehead atoms. The summed E-state index contributed by atoms with van der Waals surface area (Å²) in [4.78, 5) is 11.5. The Labute approximate surface area is 229 Å². The van der Waals surface area contributed by atoms with Gasteiger partial charge in [-0.15, -0.1) is 0 Å². The molecule has 5 rings (SSSR count). The molecule has 0 saturated heterocycles. The maximum Gasteiger partial charge on any atom is 0.231 e. The maximum atomic E-state index is 6.28. The molecule has 2 N–H and O–H groups in total. The summed E-state index contributed by atoms with van der Waals surface area (Å²) in [6, 6.07) is 8.02. The predicted octanol–water partition coefficient (Wildman–Crippen LogP) is 4.49. The van der Waals surface area contributed by atoms with Crippen molar-refractivity contribution in [2.24, 2.45) is 0 Å². The van der Waals surface area contributed by atoms with Gasteiger partial charge in [-0.05, 0) is 57.1 Å². The van der Waals surface area contributed by atoms with Gasteiger partial charge in [-0.1, -0.05) is 18.9 Å². The van der Waals surface area contributed by atoms with E-state index in [1.165, 1.54) is 0 Å². The van der Waals surface area contributed by atoms with Crippen LogP contribution in [0, 0.1) is 0 Å². The second-order valence-electron chi connectivity index (χ2n) is 9.94. The smallest absolute Gasteiger partial charge is 0.231 e. The van der Waals surface area contributed by atoms with E-state index >= 15 is 0 Å². The number of nitrogens with one attached hydrogen (secondary N) is 2. The molecule has 10 heteroatoms. The Morgan fingerprint density at radius 2 is 1.92 bits per heavy atom. The van der Waals surface area contributed by atoms with Crippen LogP contribution in [-0.4, -0.2) is 75.3 Å². The number of rotatable bonds is 8. The molecule has 0 saturated carbocycles. The zero-order chi connectivity index (χ0) is 26.9. The molecule has 2 aliphatic heterocycles. The first-order valence-corrected chi connectivity index (χ1v) is 13.8. The predicted molar refractivity (Wildman–Crippen MR) is 151 cm³/mol. The van der Waals surface area contributed by atoms with Crippen LogP contribution in [0.4, 0.5) is 11.5 Å². The number of aromatic nitrogens is 2. The highest BCUT2D eigenvalue weighted by molar-refractivity contribution is 5.94. The van der Waals surface area contributed by atoms with Crippen LogP contribution in [0.2, 0.25) is 0 Å². The lowest BCUT2D eigenvalue weighted by Gasteiger charge is -2.21. The van der Waals surface area contributed by atoms with Crippen LogP contribution in [0.25, 0.3) is 10.9 Å². The summed E-state index contributed by atoms with van der Waals surface area (Å²) < 4.78 is 29.1. The van der Waals surface area contributed by atoms with Crippen molar-refractivity contribution in [3.05, 3.63) is 36.2 Å². The van der Waals surface area contributed by atoms with E-state index in [0.717, 1.165) is 86.2 Å². The topological polar surface area (TPSA) is 99.2 Å². The molecule has 0 aliphatic carbocycles. The number of hydrogen-bond acceptors (Lipinski definition) is 10. The second-order valence-corrected chi connectivity index (χ2v) is 9.94. The summed E-state index contributed by atoms with van der Waals surface area (Å²) in [5, 5.41) is 7.76. The molecule has 0 unspecified atom stereocenters. The first-order chi connectivity index (χ1) is 19.2. The van der Waals surface area contributed by atoms with Gasteiger partial charge in [0.1, 0.15) is 12.1 Å². The van der Waals surface area contributed by atoms with Gasteiger partial charge in [0, 0.05) is 31.7 Å². The fourth-order valence-electron chi connectivity index (χ4n) is 4.86. The Kier molecular flexibility index (Phi) is 9.52. The molecule has 0 radical (unpaired) electrons. The van der Waals surface area contributed by atoms with E-state index in [9.17, 15) is 0 Å². The molecule has 3 heterocycles. The highest BCUT2D eigenvalue weighted by Gasteiger charge is 2.23. The van der Waals surface area contributed by atoms with Gasteiger partial charge in [0.15, 0.2) is 23.0 Å². The summed E-state index contributed by atoms with van der Waals surface area (Å²) in [5.74, 6) is 3.53. The summed E-state index contributed by atoms with van der Waals surface area (Å²) in [6.07, 6.45) is 6.85. The molecular formula is C29H39N5O5. The average molecular weight is 538 g/mol. The Morgan fingerprint density at radius 1 is 1.00 bits per heavy atom. The van der Waals surface area contributed by atoms with E-state index in [0.29, 0.717) is 42.9 Å². The minimum Gasteiger partial charge on any atom is -0.490 e. The van der Waals surface area contributed by atoms with Gasteiger partial charge in [-0.25, -0.2) is 9.97 Å². The lowest BCUT2D eigenvalue weighted by atomic mass is 10.1. The van der Waals surface area contributed by atoms with Gasteiger partial charge >= 0.3 is 0 Å². The van der Waals surface area contributed by atoms with Crippen molar-refractivity contribution in [1.29, 1.82) is 0 Å². The van der Waals surface area contributed by atoms with E-state index in [-0.39, 0.29) is 6.79 Å². The molecule has 39 heavy (non-hydrogen) atoms. The standard InChI is InChI=1S/C29H39N5O5/c1-34-12-5-3-4-6-13-36-25-16-22-23(17-26(25)37-14-7-10-30-11-15-35-2)31-19-32-29(22)33-27-21(18-34)8-9-24-28(27)39-20-38-24/h8-9,16-17,19,30H,3-7,10-15,18,20H2,1-2H3,(H,31,32,33).